The number of rotatable bonds is 2. The number of hydrogen-bond acceptors (Lipinski definition) is 1. The summed E-state index contributed by atoms with van der Waals surface area (Å²) in [6, 6.07) is 7.01. The summed E-state index contributed by atoms with van der Waals surface area (Å²) in [5.41, 5.74) is 8.99. The average Bonchev–Trinajstić information content (AvgIpc) is 2.07. The molecule has 0 aliphatic heterocycles. The SMILES string of the molecule is [CH2]Oc1ccc(C=[N+]=[N-])cc1. The summed E-state index contributed by atoms with van der Waals surface area (Å²) in [5, 5.41) is 0. The van der Waals surface area contributed by atoms with Crippen molar-refractivity contribution >= 4 is 6.21 Å². The van der Waals surface area contributed by atoms with Gasteiger partial charge in [0.15, 0.2) is 0 Å². The van der Waals surface area contributed by atoms with Crippen LogP contribution in [-0.2, 0) is 0 Å². The number of ether oxygens (including phenoxy) is 1. The molecular formula is C8H7N2O. The molecule has 0 amide bonds. The highest BCUT2D eigenvalue weighted by molar-refractivity contribution is 5.75. The van der Waals surface area contributed by atoms with Crippen LogP contribution in [0.15, 0.2) is 24.3 Å². The van der Waals surface area contributed by atoms with E-state index in [-0.39, 0.29) is 0 Å². The molecule has 0 aromatic heterocycles. The molecule has 11 heavy (non-hydrogen) atoms. The van der Waals surface area contributed by atoms with Crippen LogP contribution in [0.5, 0.6) is 5.75 Å². The average molecular weight is 147 g/mol. The first-order valence-corrected chi connectivity index (χ1v) is 3.06. The smallest absolute Gasteiger partial charge is 0.287 e. The van der Waals surface area contributed by atoms with Crippen LogP contribution >= 0.6 is 0 Å². The largest absolute Gasteiger partial charge is 0.490 e. The Balaban J connectivity index is 2.91. The van der Waals surface area contributed by atoms with Crippen LogP contribution in [-0.4, -0.2) is 11.0 Å². The Bertz CT molecular complexity index is 273. The second-order valence-corrected chi connectivity index (χ2v) is 1.96. The summed E-state index contributed by atoms with van der Waals surface area (Å²) in [7, 11) is 3.25. The molecule has 55 valence electrons. The molecule has 1 radical (unpaired) electrons. The summed E-state index contributed by atoms with van der Waals surface area (Å²) >= 11 is 0. The van der Waals surface area contributed by atoms with Gasteiger partial charge in [-0.25, -0.2) is 0 Å². The second-order valence-electron chi connectivity index (χ2n) is 1.96. The number of hydrogen-bond donors (Lipinski definition) is 0. The molecule has 0 saturated heterocycles. The molecule has 0 bridgehead atoms. The Hall–Kier alpha value is -1.60. The molecule has 0 aliphatic carbocycles. The maximum Gasteiger partial charge on any atom is 0.287 e. The molecule has 1 aromatic carbocycles. The van der Waals surface area contributed by atoms with Crippen molar-refractivity contribution in [1.82, 2.24) is 0 Å². The molecule has 3 heteroatoms. The molecule has 0 atom stereocenters. The highest BCUT2D eigenvalue weighted by atomic mass is 16.5. The van der Waals surface area contributed by atoms with Gasteiger partial charge < -0.3 is 10.3 Å². The van der Waals surface area contributed by atoms with Crippen LogP contribution in [0.4, 0.5) is 0 Å². The van der Waals surface area contributed by atoms with Gasteiger partial charge in [0, 0.05) is 0 Å². The van der Waals surface area contributed by atoms with Gasteiger partial charge in [-0.15, -0.1) is 0 Å². The maximum atomic E-state index is 8.17. The van der Waals surface area contributed by atoms with E-state index in [9.17, 15) is 0 Å². The summed E-state index contributed by atoms with van der Waals surface area (Å²) < 4.78 is 4.69. The molecule has 0 unspecified atom stereocenters. The lowest BCUT2D eigenvalue weighted by Gasteiger charge is -1.95. The molecule has 3 nitrogen and oxygen atoms in total. The minimum atomic E-state index is 0.681. The van der Waals surface area contributed by atoms with Crippen molar-refractivity contribution in [1.29, 1.82) is 0 Å². The van der Waals surface area contributed by atoms with Crippen LogP contribution in [0.25, 0.3) is 5.53 Å². The van der Waals surface area contributed by atoms with Gasteiger partial charge in [0.05, 0.1) is 5.56 Å². The third kappa shape index (κ3) is 1.92. The minimum absolute atomic E-state index is 0.681. The zero-order valence-electron chi connectivity index (χ0n) is 5.90. The van der Waals surface area contributed by atoms with E-state index in [0.717, 1.165) is 5.56 Å². The van der Waals surface area contributed by atoms with Crippen LogP contribution < -0.4 is 4.74 Å². The standard InChI is InChI=1S/C8H7N2O/c1-11-8-4-2-7(3-5-8)6-10-9/h2-6H,1H2. The van der Waals surface area contributed by atoms with Crippen LogP contribution in [0.2, 0.25) is 0 Å². The number of benzene rings is 1. The lowest BCUT2D eigenvalue weighted by Crippen LogP contribution is -1.82. The van der Waals surface area contributed by atoms with E-state index in [4.69, 9.17) is 10.3 Å². The Labute approximate surface area is 64.9 Å². The van der Waals surface area contributed by atoms with Gasteiger partial charge in [-0.05, 0) is 24.3 Å². The molecule has 0 aliphatic rings. The fourth-order valence-electron chi connectivity index (χ4n) is 0.717. The monoisotopic (exact) mass is 147 g/mol. The highest BCUT2D eigenvalue weighted by Crippen LogP contribution is 2.09. The molecule has 0 saturated carbocycles. The van der Waals surface area contributed by atoms with Crippen molar-refractivity contribution < 1.29 is 9.53 Å². The van der Waals surface area contributed by atoms with Gasteiger partial charge >= 0.3 is 0 Å². The first kappa shape index (κ1) is 7.51. The first-order valence-electron chi connectivity index (χ1n) is 3.06. The molecule has 0 spiro atoms. The van der Waals surface area contributed by atoms with Crippen molar-refractivity contribution in [2.75, 3.05) is 0 Å². The van der Waals surface area contributed by atoms with E-state index in [2.05, 4.69) is 11.9 Å². The minimum Gasteiger partial charge on any atom is -0.490 e. The van der Waals surface area contributed by atoms with Crippen molar-refractivity contribution in [3.63, 3.8) is 0 Å². The van der Waals surface area contributed by atoms with Crippen molar-refractivity contribution in [2.24, 2.45) is 0 Å². The van der Waals surface area contributed by atoms with Gasteiger partial charge in [-0.1, -0.05) is 0 Å². The third-order valence-electron chi connectivity index (χ3n) is 1.25. The van der Waals surface area contributed by atoms with E-state index < -0.39 is 0 Å². The van der Waals surface area contributed by atoms with Gasteiger partial charge in [0.2, 0.25) is 0 Å². The molecule has 0 heterocycles. The summed E-state index contributed by atoms with van der Waals surface area (Å²) in [6.45, 7) is 0. The van der Waals surface area contributed by atoms with Crippen LogP contribution in [0.3, 0.4) is 0 Å². The third-order valence-corrected chi connectivity index (χ3v) is 1.25. The highest BCUT2D eigenvalue weighted by Gasteiger charge is 1.92. The van der Waals surface area contributed by atoms with E-state index >= 15 is 0 Å². The van der Waals surface area contributed by atoms with Crippen molar-refractivity contribution in [3.05, 3.63) is 42.5 Å². The van der Waals surface area contributed by atoms with Crippen molar-refractivity contribution in [2.45, 2.75) is 0 Å². The Kier molecular flexibility index (Phi) is 2.42. The van der Waals surface area contributed by atoms with Gasteiger partial charge in [-0.3, -0.25) is 0 Å². The molecule has 0 fully saturated rings. The summed E-state index contributed by atoms with van der Waals surface area (Å²) in [6.07, 6.45) is 1.34. The Morgan fingerprint density at radius 2 is 2.00 bits per heavy atom. The predicted octanol–water partition coefficient (Wildman–Crippen LogP) is 1.51. The molecule has 0 N–H and O–H groups in total. The Morgan fingerprint density at radius 3 is 2.45 bits per heavy atom. The fraction of sp³-hybridized carbons (Fsp3) is 0. The van der Waals surface area contributed by atoms with Crippen molar-refractivity contribution in [3.8, 4) is 5.75 Å². The quantitative estimate of drug-likeness (QED) is 0.355. The first-order chi connectivity index (χ1) is 5.36. The van der Waals surface area contributed by atoms with Crippen LogP contribution in [0, 0.1) is 7.11 Å². The lowest BCUT2D eigenvalue weighted by atomic mass is 10.2. The Morgan fingerprint density at radius 1 is 1.36 bits per heavy atom. The van der Waals surface area contributed by atoms with E-state index in [1.54, 1.807) is 24.3 Å². The van der Waals surface area contributed by atoms with E-state index in [1.807, 2.05) is 0 Å². The zero-order chi connectivity index (χ0) is 8.10. The lowest BCUT2D eigenvalue weighted by molar-refractivity contribution is 0.00456. The molecular weight excluding hydrogens is 140 g/mol. The maximum absolute atomic E-state index is 8.17. The summed E-state index contributed by atoms with van der Waals surface area (Å²) in [4.78, 5) is 2.88. The summed E-state index contributed by atoms with van der Waals surface area (Å²) in [5.74, 6) is 0.681. The normalized spacial score (nSPS) is 8.45. The molecule has 1 rings (SSSR count). The number of nitrogens with zero attached hydrogens (tertiary/aromatic N) is 2. The van der Waals surface area contributed by atoms with E-state index in [0.29, 0.717) is 5.75 Å². The predicted molar refractivity (Wildman–Crippen MR) is 41.2 cm³/mol. The topological polar surface area (TPSA) is 45.6 Å². The van der Waals surface area contributed by atoms with Crippen LogP contribution in [0.1, 0.15) is 5.56 Å². The van der Waals surface area contributed by atoms with E-state index in [1.165, 1.54) is 6.21 Å². The van der Waals surface area contributed by atoms with Gasteiger partial charge in [0.25, 0.3) is 6.21 Å². The zero-order valence-corrected chi connectivity index (χ0v) is 5.90. The van der Waals surface area contributed by atoms with Gasteiger partial charge in [0.1, 0.15) is 12.9 Å². The fourth-order valence-corrected chi connectivity index (χ4v) is 0.717. The second kappa shape index (κ2) is 3.54. The molecule has 1 aromatic rings. The van der Waals surface area contributed by atoms with Gasteiger partial charge in [-0.2, -0.15) is 4.79 Å².